The van der Waals surface area contributed by atoms with Crippen LogP contribution in [0, 0.1) is 87.7 Å². The van der Waals surface area contributed by atoms with Crippen molar-refractivity contribution in [2.75, 3.05) is 0 Å². The second-order valence-electron chi connectivity index (χ2n) is 29.3. The predicted octanol–water partition coefficient (Wildman–Crippen LogP) is 24.3. The Bertz CT molecular complexity index is 6330. The van der Waals surface area contributed by atoms with Crippen LogP contribution in [0.15, 0.2) is 420 Å². The first-order valence-corrected chi connectivity index (χ1v) is 41.3. The van der Waals surface area contributed by atoms with Crippen LogP contribution in [0.5, 0.6) is 0 Å². The minimum Gasteiger partial charge on any atom is -0.379 e. The summed E-state index contributed by atoms with van der Waals surface area (Å²) in [5.74, 6) is -0.638. The molecule has 0 fully saturated rings. The van der Waals surface area contributed by atoms with Gasteiger partial charge in [0.2, 0.25) is 0 Å². The zero-order valence-electron chi connectivity index (χ0n) is 73.5. The van der Waals surface area contributed by atoms with E-state index in [1.165, 1.54) is 44.5 Å². The Morgan fingerprint density at radius 1 is 0.299 bits per heavy atom. The fraction of sp³-hybridized carbons (Fsp3) is 0.0734. The van der Waals surface area contributed by atoms with E-state index in [4.69, 9.17) is 0 Å². The molecule has 0 aliphatic heterocycles. The van der Waals surface area contributed by atoms with Crippen molar-refractivity contribution in [1.82, 2.24) is 73.7 Å². The Balaban J connectivity index is 0.000000236. The first-order chi connectivity index (χ1) is 62.3. The first kappa shape index (κ1) is 111. The molecule has 0 bridgehead atoms. The van der Waals surface area contributed by atoms with Gasteiger partial charge in [-0.05, 0) is 176 Å². The maximum Gasteiger partial charge on any atom is 0.466 e. The molecule has 0 aliphatic rings. The molecule has 0 atom stereocenters. The van der Waals surface area contributed by atoms with Gasteiger partial charge in [0.15, 0.2) is 0 Å². The molecular weight excluding hydrogens is 2910 g/mol. The van der Waals surface area contributed by atoms with Crippen molar-refractivity contribution in [1.29, 1.82) is 0 Å². The standard InChI is InChI=1S/C21H20N.C17H12N.C13H12N.C12H12BN8.2C12H10N.C11H6F2N.C11H8N.7Ir/c1-16(2)13-17-11-12-22-21(14-17)20-10-6-9-19(15-20)18-7-4-3-5-8-18;1-2-7-14(8-3-1)15-9-6-10-16(13-15)17-11-4-5-12-18-17;1-10-5-3-7-12(9-10)13-8-4-6-11(2)14-13;1-5-14-18(9-1)13(19-10-2-6-15-19,20-11-3-7-16-20)21-12-4-8-17-21;1-10-6-5-9-13-12(10)11-7-3-2-4-8-11;1-10-7-8-13-12(9-10)11-5-3-2-4-6-11;12-8-4-5-9(10(13)7-8)11-3-1-2-6-14-11;1-2-6-10(7-3-1)11-8-4-5-9-12-11;;;;;;;/h3-9,11-12,14-16H,13H2,1-2H3;1-9,11-13H;3-6,8-9H,1-2H3;1-12H;2-7,9H,1H3;2-5,7-9H,1H3;1-4,6-7H;1-6,8-9H;;;;;;;/q8*-1;;;;;;;. The summed E-state index contributed by atoms with van der Waals surface area (Å²) in [6, 6.07) is 129. The Labute approximate surface area is 878 Å². The number of hydrogen-bond donors (Lipinski definition) is 0. The molecule has 11 aromatic heterocycles. The molecular formula is C109H90BF2Ir7N15-8. The first-order valence-electron chi connectivity index (χ1n) is 41.3. The monoisotopic (exact) mass is 3010 g/mol. The van der Waals surface area contributed by atoms with E-state index in [0.29, 0.717) is 11.6 Å². The summed E-state index contributed by atoms with van der Waals surface area (Å²) in [5.41, 5.74) is 23.7. The van der Waals surface area contributed by atoms with Crippen LogP contribution in [-0.2, 0) is 147 Å². The van der Waals surface area contributed by atoms with E-state index in [0.717, 1.165) is 91.8 Å². The van der Waals surface area contributed by atoms with Crippen molar-refractivity contribution in [2.45, 2.75) is 48.0 Å². The second-order valence-corrected chi connectivity index (χ2v) is 29.3. The number of rotatable bonds is 15. The molecule has 7 radical (unpaired) electrons. The molecule has 134 heavy (non-hydrogen) atoms. The third kappa shape index (κ3) is 32.9. The Kier molecular flexibility index (Phi) is 49.0. The molecule has 0 saturated heterocycles. The van der Waals surface area contributed by atoms with E-state index < -0.39 is 18.3 Å². The van der Waals surface area contributed by atoms with Gasteiger partial charge in [0, 0.05) is 220 Å². The molecule has 0 aliphatic carbocycles. The predicted molar refractivity (Wildman–Crippen MR) is 504 cm³/mol. The van der Waals surface area contributed by atoms with Crippen LogP contribution in [0.3, 0.4) is 0 Å². The molecule has 20 aromatic rings. The summed E-state index contributed by atoms with van der Waals surface area (Å²) < 4.78 is 33.0. The number of hydrogen-bond acceptors (Lipinski definition) is 11. The van der Waals surface area contributed by atoms with E-state index in [-0.39, 0.29) is 146 Å². The van der Waals surface area contributed by atoms with Gasteiger partial charge >= 0.3 is 6.69 Å². The van der Waals surface area contributed by atoms with Crippen molar-refractivity contribution in [2.24, 2.45) is 5.92 Å². The number of pyridine rings is 7. The summed E-state index contributed by atoms with van der Waals surface area (Å²) in [6.45, 7) is 10.8. The van der Waals surface area contributed by atoms with E-state index in [1.54, 1.807) is 61.6 Å². The molecule has 0 spiro atoms. The second kappa shape index (κ2) is 59.2. The van der Waals surface area contributed by atoms with Crippen molar-refractivity contribution in [3.8, 4) is 101 Å². The maximum atomic E-state index is 13.2. The summed E-state index contributed by atoms with van der Waals surface area (Å²) >= 11 is 0. The third-order valence-electron chi connectivity index (χ3n) is 19.4. The van der Waals surface area contributed by atoms with Crippen molar-refractivity contribution < 1.29 is 150 Å². The molecule has 20 rings (SSSR count). The van der Waals surface area contributed by atoms with Crippen LogP contribution in [0.4, 0.5) is 8.78 Å². The number of halogens is 2. The average Bonchev–Trinajstić information content (AvgIpc) is 1.57. The van der Waals surface area contributed by atoms with Crippen LogP contribution in [-0.4, -0.2) is 80.3 Å². The van der Waals surface area contributed by atoms with Crippen LogP contribution in [0.25, 0.3) is 101 Å². The number of benzene rings is 9. The number of nitrogens with zero attached hydrogens (tertiary/aromatic N) is 15. The fourth-order valence-electron chi connectivity index (χ4n) is 13.5. The quantitative estimate of drug-likeness (QED) is 0.0709. The van der Waals surface area contributed by atoms with E-state index in [1.807, 2.05) is 281 Å². The van der Waals surface area contributed by atoms with Gasteiger partial charge in [0.05, 0.1) is 0 Å². The Morgan fingerprint density at radius 3 is 1.15 bits per heavy atom. The van der Waals surface area contributed by atoms with Gasteiger partial charge in [-0.1, -0.05) is 176 Å². The molecule has 0 unspecified atom stereocenters. The SMILES string of the molecule is CC(C)Cc1ccnc(-c2[c-]ccc(-c3ccccc3)c2)c1.Cc1cc[c-]c(-c2cccc(C)n2)c1.Cc1cccnc1-c1[c-]cccc1.Cc1ccnc(-c2[c-]cccc2)c1.Fc1c[c-]c(-c2ccccn2)c(F)c1.[Ir].[Ir].[Ir].[Ir].[Ir].[Ir].[Ir].[c-]1ccc(-c2ccccc2)cc1-c1ccccn1.[c-]1ccccc1-c1ccccn1.c1cnn([B-](n2cccn2)(n2cccn2)n2cccn2)c1. The topological polar surface area (TPSA) is 162 Å². The van der Waals surface area contributed by atoms with Crippen LogP contribution in [0.1, 0.15) is 41.8 Å². The molecule has 0 saturated carbocycles. The summed E-state index contributed by atoms with van der Waals surface area (Å²) in [4.78, 5) is 30.1. The smallest absolute Gasteiger partial charge is 0.379 e. The van der Waals surface area contributed by atoms with Crippen LogP contribution < -0.4 is 0 Å². The molecule has 0 amide bonds. The zero-order valence-corrected chi connectivity index (χ0v) is 90.3. The normalized spacial score (nSPS) is 9.92. The third-order valence-corrected chi connectivity index (χ3v) is 19.4. The molecule has 25 heteroatoms. The Hall–Kier alpha value is -11.7. The van der Waals surface area contributed by atoms with E-state index >= 15 is 0 Å². The van der Waals surface area contributed by atoms with E-state index in [2.05, 4.69) is 223 Å². The van der Waals surface area contributed by atoms with Crippen LogP contribution >= 0.6 is 0 Å². The minimum atomic E-state index is -1.83. The average molecular weight is 3000 g/mol. The van der Waals surface area contributed by atoms with E-state index in [9.17, 15) is 8.78 Å². The van der Waals surface area contributed by atoms with Gasteiger partial charge in [0.1, 0.15) is 0 Å². The summed E-state index contributed by atoms with van der Waals surface area (Å²) in [5, 5.41) is 17.7. The van der Waals surface area contributed by atoms with Gasteiger partial charge in [-0.3, -0.25) is 8.78 Å². The number of aryl methyl sites for hydroxylation is 4. The van der Waals surface area contributed by atoms with Gasteiger partial charge < -0.3 is 53.3 Å². The van der Waals surface area contributed by atoms with Crippen molar-refractivity contribution in [3.63, 3.8) is 0 Å². The molecule has 689 valence electrons. The summed E-state index contributed by atoms with van der Waals surface area (Å²) in [7, 11) is 0. The summed E-state index contributed by atoms with van der Waals surface area (Å²) in [6.07, 6.45) is 26.2. The molecule has 15 nitrogen and oxygen atoms in total. The van der Waals surface area contributed by atoms with Gasteiger partial charge in [-0.15, -0.1) is 226 Å². The van der Waals surface area contributed by atoms with Crippen molar-refractivity contribution >= 4 is 6.69 Å². The van der Waals surface area contributed by atoms with Gasteiger partial charge in [-0.2, -0.15) is 0 Å². The Morgan fingerprint density at radius 2 is 0.709 bits per heavy atom. The maximum absolute atomic E-state index is 13.2. The molecule has 0 N–H and O–H groups in total. The molecule has 11 heterocycles. The largest absolute Gasteiger partial charge is 0.466 e. The molecule has 9 aromatic carbocycles. The van der Waals surface area contributed by atoms with Crippen molar-refractivity contribution in [3.05, 3.63) is 502 Å². The minimum absolute atomic E-state index is 0. The zero-order chi connectivity index (χ0) is 88.0. The van der Waals surface area contributed by atoms with Gasteiger partial charge in [0.25, 0.3) is 0 Å². The fourth-order valence-corrected chi connectivity index (χ4v) is 13.5. The van der Waals surface area contributed by atoms with Crippen LogP contribution in [0.2, 0.25) is 0 Å². The van der Waals surface area contributed by atoms with Gasteiger partial charge in [-0.25, -0.2) is 20.4 Å². The number of aromatic nitrogens is 15.